The van der Waals surface area contributed by atoms with E-state index in [1.807, 2.05) is 45.0 Å². The minimum atomic E-state index is -3.47. The zero-order valence-electron chi connectivity index (χ0n) is 17.3. The van der Waals surface area contributed by atoms with E-state index in [0.717, 1.165) is 5.56 Å². The molecule has 0 bridgehead atoms. The van der Waals surface area contributed by atoms with Crippen molar-refractivity contribution in [1.82, 2.24) is 9.62 Å². The summed E-state index contributed by atoms with van der Waals surface area (Å²) in [5.41, 5.74) is 2.65. The lowest BCUT2D eigenvalue weighted by Gasteiger charge is -2.19. The fourth-order valence-corrected chi connectivity index (χ4v) is 4.48. The van der Waals surface area contributed by atoms with E-state index in [1.54, 1.807) is 24.3 Å². The minimum Gasteiger partial charge on any atom is -0.346 e. The van der Waals surface area contributed by atoms with E-state index in [2.05, 4.69) is 19.2 Å². The zero-order valence-corrected chi connectivity index (χ0v) is 18.1. The quantitative estimate of drug-likeness (QED) is 0.715. The van der Waals surface area contributed by atoms with Crippen molar-refractivity contribution in [3.05, 3.63) is 65.2 Å². The van der Waals surface area contributed by atoms with Crippen LogP contribution in [0.5, 0.6) is 0 Å². The number of nitrogens with zero attached hydrogens (tertiary/aromatic N) is 1. The molecule has 0 spiro atoms. The molecule has 28 heavy (non-hydrogen) atoms. The van der Waals surface area contributed by atoms with E-state index in [-0.39, 0.29) is 16.8 Å². The first-order valence-electron chi connectivity index (χ1n) is 9.71. The number of amides is 1. The molecule has 6 heteroatoms. The van der Waals surface area contributed by atoms with Gasteiger partial charge < -0.3 is 5.32 Å². The largest absolute Gasteiger partial charge is 0.346 e. The molecule has 2 aromatic rings. The third-order valence-corrected chi connectivity index (χ3v) is 6.97. The third kappa shape index (κ3) is 5.00. The van der Waals surface area contributed by atoms with Crippen molar-refractivity contribution in [3.63, 3.8) is 0 Å². The number of hydrogen-bond donors (Lipinski definition) is 1. The number of rotatable bonds is 8. The van der Waals surface area contributed by atoms with E-state index >= 15 is 0 Å². The van der Waals surface area contributed by atoms with Crippen LogP contribution in [0.2, 0.25) is 0 Å². The van der Waals surface area contributed by atoms with Crippen LogP contribution in [0.3, 0.4) is 0 Å². The van der Waals surface area contributed by atoms with Crippen LogP contribution in [0, 0.1) is 0 Å². The molecule has 0 aromatic heterocycles. The Morgan fingerprint density at radius 1 is 0.893 bits per heavy atom. The summed E-state index contributed by atoms with van der Waals surface area (Å²) >= 11 is 0. The summed E-state index contributed by atoms with van der Waals surface area (Å²) in [6.45, 7) is 10.6. The predicted octanol–water partition coefficient (Wildman–Crippen LogP) is 4.33. The molecule has 0 aliphatic heterocycles. The second-order valence-electron chi connectivity index (χ2n) is 7.13. The second-order valence-corrected chi connectivity index (χ2v) is 9.07. The maximum atomic E-state index is 12.6. The summed E-state index contributed by atoms with van der Waals surface area (Å²) < 4.78 is 26.6. The summed E-state index contributed by atoms with van der Waals surface area (Å²) in [5, 5.41) is 2.97. The highest BCUT2D eigenvalue weighted by Crippen LogP contribution is 2.20. The SMILES string of the molecule is CCN(CC)S(=O)(=O)c1ccc([C@@H](C)NC(=O)c2ccc(C(C)C)cc2)cc1. The molecule has 0 aliphatic rings. The van der Waals surface area contributed by atoms with E-state index in [9.17, 15) is 13.2 Å². The first-order chi connectivity index (χ1) is 13.2. The lowest BCUT2D eigenvalue weighted by Crippen LogP contribution is -2.30. The number of sulfonamides is 1. The summed E-state index contributed by atoms with van der Waals surface area (Å²) in [7, 11) is -3.47. The smallest absolute Gasteiger partial charge is 0.251 e. The Balaban J connectivity index is 2.10. The molecule has 0 heterocycles. The van der Waals surface area contributed by atoms with Gasteiger partial charge in [-0.3, -0.25) is 4.79 Å². The maximum Gasteiger partial charge on any atom is 0.251 e. The maximum absolute atomic E-state index is 12.6. The van der Waals surface area contributed by atoms with Crippen molar-refractivity contribution in [2.75, 3.05) is 13.1 Å². The lowest BCUT2D eigenvalue weighted by atomic mass is 10.0. The molecule has 0 fully saturated rings. The predicted molar refractivity (Wildman–Crippen MR) is 113 cm³/mol. The van der Waals surface area contributed by atoms with E-state index in [0.29, 0.717) is 24.6 Å². The summed E-state index contributed by atoms with van der Waals surface area (Å²) in [5.74, 6) is 0.268. The van der Waals surface area contributed by atoms with Crippen LogP contribution in [0.1, 0.15) is 68.1 Å². The van der Waals surface area contributed by atoms with E-state index < -0.39 is 10.0 Å². The molecule has 1 atom stereocenters. The molecular weight excluding hydrogens is 372 g/mol. The van der Waals surface area contributed by atoms with Crippen LogP contribution >= 0.6 is 0 Å². The summed E-state index contributed by atoms with van der Waals surface area (Å²) in [6.07, 6.45) is 0. The van der Waals surface area contributed by atoms with Gasteiger partial charge in [0.1, 0.15) is 0 Å². The Hall–Kier alpha value is -2.18. The fourth-order valence-electron chi connectivity index (χ4n) is 3.02. The van der Waals surface area contributed by atoms with Gasteiger partial charge in [0.2, 0.25) is 10.0 Å². The van der Waals surface area contributed by atoms with Crippen LogP contribution in [0.4, 0.5) is 0 Å². The van der Waals surface area contributed by atoms with Gasteiger partial charge in [-0.1, -0.05) is 52.0 Å². The second kappa shape index (κ2) is 9.34. The molecule has 0 radical (unpaired) electrons. The average Bonchev–Trinajstić information content (AvgIpc) is 2.68. The van der Waals surface area contributed by atoms with Crippen molar-refractivity contribution < 1.29 is 13.2 Å². The first kappa shape index (κ1) is 22.1. The van der Waals surface area contributed by atoms with Gasteiger partial charge in [-0.2, -0.15) is 4.31 Å². The van der Waals surface area contributed by atoms with Gasteiger partial charge in [0.25, 0.3) is 5.91 Å². The van der Waals surface area contributed by atoms with E-state index in [1.165, 1.54) is 9.87 Å². The minimum absolute atomic E-state index is 0.150. The highest BCUT2D eigenvalue weighted by molar-refractivity contribution is 7.89. The molecule has 1 amide bonds. The number of hydrogen-bond acceptors (Lipinski definition) is 3. The highest BCUT2D eigenvalue weighted by atomic mass is 32.2. The van der Waals surface area contributed by atoms with Crippen LogP contribution in [-0.4, -0.2) is 31.7 Å². The Morgan fingerprint density at radius 3 is 1.86 bits per heavy atom. The van der Waals surface area contributed by atoms with Crippen LogP contribution in [0.25, 0.3) is 0 Å². The topological polar surface area (TPSA) is 66.5 Å². The number of nitrogens with one attached hydrogen (secondary N) is 1. The Kier molecular flexibility index (Phi) is 7.38. The van der Waals surface area contributed by atoms with Crippen molar-refractivity contribution in [2.45, 2.75) is 51.5 Å². The molecule has 0 saturated heterocycles. The Morgan fingerprint density at radius 2 is 1.39 bits per heavy atom. The molecule has 0 saturated carbocycles. The standard InChI is InChI=1S/C22H30N2O3S/c1-6-24(7-2)28(26,27)21-14-12-19(13-15-21)17(5)23-22(25)20-10-8-18(9-11-20)16(3)4/h8-17H,6-7H2,1-5H3,(H,23,25)/t17-/m1/s1. The molecule has 0 unspecified atom stereocenters. The summed E-state index contributed by atoms with van der Waals surface area (Å²) in [4.78, 5) is 12.8. The number of carbonyl (C=O) groups is 1. The zero-order chi connectivity index (χ0) is 20.9. The van der Waals surface area contributed by atoms with E-state index in [4.69, 9.17) is 0 Å². The normalized spacial score (nSPS) is 13.0. The molecule has 2 rings (SSSR count). The number of benzene rings is 2. The van der Waals surface area contributed by atoms with Crippen molar-refractivity contribution in [2.24, 2.45) is 0 Å². The Bertz CT molecular complexity index is 884. The molecule has 0 aliphatic carbocycles. The molecule has 5 nitrogen and oxygen atoms in total. The van der Waals surface area contributed by atoms with Gasteiger partial charge in [0.05, 0.1) is 10.9 Å². The van der Waals surface area contributed by atoms with Gasteiger partial charge >= 0.3 is 0 Å². The van der Waals surface area contributed by atoms with Gasteiger partial charge in [-0.15, -0.1) is 0 Å². The molecule has 1 N–H and O–H groups in total. The first-order valence-corrected chi connectivity index (χ1v) is 11.2. The monoisotopic (exact) mass is 402 g/mol. The number of carbonyl (C=O) groups excluding carboxylic acids is 1. The van der Waals surface area contributed by atoms with Crippen LogP contribution in [0.15, 0.2) is 53.4 Å². The van der Waals surface area contributed by atoms with Crippen molar-refractivity contribution in [1.29, 1.82) is 0 Å². The van der Waals surface area contributed by atoms with Gasteiger partial charge in [-0.25, -0.2) is 8.42 Å². The fraction of sp³-hybridized carbons (Fsp3) is 0.409. The lowest BCUT2D eigenvalue weighted by molar-refractivity contribution is 0.0940. The van der Waals surface area contributed by atoms with Gasteiger partial charge in [0.15, 0.2) is 0 Å². The van der Waals surface area contributed by atoms with Crippen LogP contribution < -0.4 is 5.32 Å². The van der Waals surface area contributed by atoms with Crippen molar-refractivity contribution in [3.8, 4) is 0 Å². The Labute approximate surface area is 168 Å². The highest BCUT2D eigenvalue weighted by Gasteiger charge is 2.21. The molecule has 2 aromatic carbocycles. The van der Waals surface area contributed by atoms with Gasteiger partial charge in [0, 0.05) is 18.7 Å². The van der Waals surface area contributed by atoms with Crippen molar-refractivity contribution >= 4 is 15.9 Å². The molecular formula is C22H30N2O3S. The average molecular weight is 403 g/mol. The summed E-state index contributed by atoms with van der Waals surface area (Å²) in [6, 6.07) is 14.1. The third-order valence-electron chi connectivity index (χ3n) is 4.91. The molecule has 152 valence electrons. The van der Waals surface area contributed by atoms with Gasteiger partial charge in [-0.05, 0) is 48.2 Å². The van der Waals surface area contributed by atoms with Crippen LogP contribution in [-0.2, 0) is 10.0 Å².